The van der Waals surface area contributed by atoms with Gasteiger partial charge < -0.3 is 15.3 Å². The topological polar surface area (TPSA) is 69.6 Å². The van der Waals surface area contributed by atoms with Crippen LogP contribution in [0.15, 0.2) is 0 Å². The molecule has 2 atom stereocenters. The number of carbonyl (C=O) groups excluding carboxylic acids is 1. The number of carboxylic acid groups (broad SMARTS) is 1. The third kappa shape index (κ3) is 3.26. The Morgan fingerprint density at radius 1 is 1.58 bits per heavy atom. The summed E-state index contributed by atoms with van der Waals surface area (Å²) < 4.78 is 0. The molecule has 1 amide bonds. The van der Waals surface area contributed by atoms with E-state index in [0.29, 0.717) is 13.0 Å². The lowest BCUT2D eigenvalue weighted by Crippen LogP contribution is -2.50. The van der Waals surface area contributed by atoms with Crippen LogP contribution in [0, 0.1) is 5.41 Å². The molecule has 0 saturated carbocycles. The van der Waals surface area contributed by atoms with Crippen LogP contribution < -0.4 is 5.32 Å². The number of carbonyl (C=O) groups is 2. The Morgan fingerprint density at radius 2 is 2.37 bits per heavy atom. The molecule has 2 aliphatic heterocycles. The first-order valence-corrected chi connectivity index (χ1v) is 7.31. The molecule has 2 heterocycles. The molecule has 5 heteroatoms. The minimum atomic E-state index is -0.658. The molecule has 2 fully saturated rings. The Bertz CT molecular complexity index is 355. The highest BCUT2D eigenvalue weighted by atomic mass is 16.4. The minimum Gasteiger partial charge on any atom is -0.481 e. The van der Waals surface area contributed by atoms with Gasteiger partial charge in [0.05, 0.1) is 5.41 Å². The van der Waals surface area contributed by atoms with E-state index in [1.807, 2.05) is 6.92 Å². The fraction of sp³-hybridized carbons (Fsp3) is 0.857. The summed E-state index contributed by atoms with van der Waals surface area (Å²) in [5, 5.41) is 12.5. The Kier molecular flexibility index (Phi) is 4.45. The van der Waals surface area contributed by atoms with Crippen LogP contribution >= 0.6 is 0 Å². The largest absolute Gasteiger partial charge is 0.481 e. The molecule has 2 unspecified atom stereocenters. The van der Waals surface area contributed by atoms with E-state index >= 15 is 0 Å². The van der Waals surface area contributed by atoms with Gasteiger partial charge in [0.1, 0.15) is 0 Å². The van der Waals surface area contributed by atoms with Crippen molar-refractivity contribution in [3.63, 3.8) is 0 Å². The van der Waals surface area contributed by atoms with Crippen molar-refractivity contribution in [3.8, 4) is 0 Å². The van der Waals surface area contributed by atoms with Crippen LogP contribution in [0.1, 0.15) is 45.4 Å². The molecular formula is C14H24N2O3. The maximum absolute atomic E-state index is 11.6. The third-order valence-electron chi connectivity index (χ3n) is 4.40. The second-order valence-electron chi connectivity index (χ2n) is 5.98. The average Bonchev–Trinajstić information content (AvgIpc) is 2.75. The van der Waals surface area contributed by atoms with Gasteiger partial charge in [0.25, 0.3) is 0 Å². The molecule has 108 valence electrons. The van der Waals surface area contributed by atoms with Gasteiger partial charge in [0, 0.05) is 25.6 Å². The van der Waals surface area contributed by atoms with Crippen molar-refractivity contribution < 1.29 is 14.7 Å². The summed E-state index contributed by atoms with van der Waals surface area (Å²) in [7, 11) is 0. The van der Waals surface area contributed by atoms with Crippen molar-refractivity contribution in [1.29, 1.82) is 0 Å². The SMILES string of the molecule is CCCC1(C(=O)O)CCCN(CC2CCC(=O)N2)C1. The summed E-state index contributed by atoms with van der Waals surface area (Å²) in [6.07, 6.45) is 4.85. The number of piperidine rings is 1. The zero-order chi connectivity index (χ0) is 13.9. The molecule has 5 nitrogen and oxygen atoms in total. The van der Waals surface area contributed by atoms with Gasteiger partial charge in [-0.15, -0.1) is 0 Å². The molecule has 2 saturated heterocycles. The fourth-order valence-electron chi connectivity index (χ4n) is 3.47. The molecule has 19 heavy (non-hydrogen) atoms. The van der Waals surface area contributed by atoms with Crippen LogP contribution in [0.25, 0.3) is 0 Å². The predicted octanol–water partition coefficient (Wildman–Crippen LogP) is 1.23. The van der Waals surface area contributed by atoms with Crippen LogP contribution in [0.5, 0.6) is 0 Å². The second-order valence-corrected chi connectivity index (χ2v) is 5.98. The van der Waals surface area contributed by atoms with Crippen molar-refractivity contribution >= 4 is 11.9 Å². The Labute approximate surface area is 114 Å². The predicted molar refractivity (Wildman–Crippen MR) is 71.8 cm³/mol. The van der Waals surface area contributed by atoms with E-state index in [0.717, 1.165) is 45.2 Å². The van der Waals surface area contributed by atoms with Crippen molar-refractivity contribution in [2.45, 2.75) is 51.5 Å². The first-order valence-electron chi connectivity index (χ1n) is 7.31. The number of hydrogen-bond donors (Lipinski definition) is 2. The number of likely N-dealkylation sites (tertiary alicyclic amines) is 1. The van der Waals surface area contributed by atoms with Crippen LogP contribution in [-0.2, 0) is 9.59 Å². The first-order chi connectivity index (χ1) is 9.05. The molecule has 0 aromatic heterocycles. The molecule has 0 aromatic carbocycles. The third-order valence-corrected chi connectivity index (χ3v) is 4.40. The number of rotatable bonds is 5. The summed E-state index contributed by atoms with van der Waals surface area (Å²) in [4.78, 5) is 25.0. The number of amides is 1. The molecule has 2 aliphatic rings. The molecule has 2 rings (SSSR count). The molecule has 0 spiro atoms. The van der Waals surface area contributed by atoms with E-state index in [2.05, 4.69) is 10.2 Å². The van der Waals surface area contributed by atoms with E-state index in [4.69, 9.17) is 0 Å². The van der Waals surface area contributed by atoms with Gasteiger partial charge in [-0.3, -0.25) is 9.59 Å². The normalized spacial score (nSPS) is 32.3. The van der Waals surface area contributed by atoms with Crippen LogP contribution in [0.4, 0.5) is 0 Å². The number of carboxylic acids is 1. The monoisotopic (exact) mass is 268 g/mol. The van der Waals surface area contributed by atoms with Crippen LogP contribution in [0.3, 0.4) is 0 Å². The smallest absolute Gasteiger partial charge is 0.310 e. The second kappa shape index (κ2) is 5.90. The number of hydrogen-bond acceptors (Lipinski definition) is 3. The first kappa shape index (κ1) is 14.3. The zero-order valence-electron chi connectivity index (χ0n) is 11.7. The van der Waals surface area contributed by atoms with Gasteiger partial charge in [-0.05, 0) is 32.2 Å². The van der Waals surface area contributed by atoms with Gasteiger partial charge in [-0.1, -0.05) is 13.3 Å². The van der Waals surface area contributed by atoms with Crippen molar-refractivity contribution in [3.05, 3.63) is 0 Å². The minimum absolute atomic E-state index is 0.125. The van der Waals surface area contributed by atoms with Gasteiger partial charge >= 0.3 is 5.97 Å². The Morgan fingerprint density at radius 3 is 2.95 bits per heavy atom. The molecule has 0 aliphatic carbocycles. The van der Waals surface area contributed by atoms with Crippen molar-refractivity contribution in [2.75, 3.05) is 19.6 Å². The number of nitrogens with one attached hydrogen (secondary N) is 1. The van der Waals surface area contributed by atoms with E-state index in [1.165, 1.54) is 0 Å². The molecular weight excluding hydrogens is 244 g/mol. The highest BCUT2D eigenvalue weighted by Gasteiger charge is 2.42. The molecule has 0 bridgehead atoms. The summed E-state index contributed by atoms with van der Waals surface area (Å²) in [5.74, 6) is -0.533. The number of nitrogens with zero attached hydrogens (tertiary/aromatic N) is 1. The zero-order valence-corrected chi connectivity index (χ0v) is 11.7. The fourth-order valence-corrected chi connectivity index (χ4v) is 3.47. The summed E-state index contributed by atoms with van der Waals surface area (Å²) in [6, 6.07) is 0.207. The molecule has 0 radical (unpaired) electrons. The molecule has 0 aromatic rings. The van der Waals surface area contributed by atoms with E-state index in [-0.39, 0.29) is 11.9 Å². The van der Waals surface area contributed by atoms with E-state index in [9.17, 15) is 14.7 Å². The van der Waals surface area contributed by atoms with Crippen molar-refractivity contribution in [2.24, 2.45) is 5.41 Å². The quantitative estimate of drug-likeness (QED) is 0.787. The summed E-state index contributed by atoms with van der Waals surface area (Å²) >= 11 is 0. The maximum atomic E-state index is 11.6. The highest BCUT2D eigenvalue weighted by Crippen LogP contribution is 2.35. The Balaban J connectivity index is 1.95. The van der Waals surface area contributed by atoms with Gasteiger partial charge in [0.15, 0.2) is 0 Å². The average molecular weight is 268 g/mol. The number of aliphatic carboxylic acids is 1. The van der Waals surface area contributed by atoms with E-state index in [1.54, 1.807) is 0 Å². The highest BCUT2D eigenvalue weighted by molar-refractivity contribution is 5.78. The lowest BCUT2D eigenvalue weighted by atomic mass is 9.76. The standard InChI is InChI=1S/C14H24N2O3/c1-2-6-14(13(18)19)7-3-8-16(10-14)9-11-4-5-12(17)15-11/h11H,2-10H2,1H3,(H,15,17)(H,18,19). The van der Waals surface area contributed by atoms with Crippen LogP contribution in [0.2, 0.25) is 0 Å². The van der Waals surface area contributed by atoms with Crippen molar-refractivity contribution in [1.82, 2.24) is 10.2 Å². The lowest BCUT2D eigenvalue weighted by Gasteiger charge is -2.40. The maximum Gasteiger partial charge on any atom is 0.310 e. The van der Waals surface area contributed by atoms with Gasteiger partial charge in [-0.25, -0.2) is 0 Å². The molecule has 2 N–H and O–H groups in total. The summed E-state index contributed by atoms with van der Waals surface area (Å²) in [6.45, 7) is 4.42. The van der Waals surface area contributed by atoms with Gasteiger partial charge in [-0.2, -0.15) is 0 Å². The summed E-state index contributed by atoms with van der Waals surface area (Å²) in [5.41, 5.74) is -0.574. The van der Waals surface area contributed by atoms with E-state index < -0.39 is 11.4 Å². The Hall–Kier alpha value is -1.10. The van der Waals surface area contributed by atoms with Gasteiger partial charge in [0.2, 0.25) is 5.91 Å². The lowest BCUT2D eigenvalue weighted by molar-refractivity contribution is -0.153. The van der Waals surface area contributed by atoms with Crippen LogP contribution in [-0.4, -0.2) is 47.6 Å².